The Hall–Kier alpha value is -3.12. The zero-order valence-electron chi connectivity index (χ0n) is 15.7. The van der Waals surface area contributed by atoms with E-state index < -0.39 is 0 Å². The highest BCUT2D eigenvalue weighted by Gasteiger charge is 2.39. The molecule has 28 heavy (non-hydrogen) atoms. The molecule has 2 atom stereocenters. The number of hydrogen-bond acceptors (Lipinski definition) is 5. The van der Waals surface area contributed by atoms with Crippen LogP contribution in [0, 0.1) is 5.41 Å². The van der Waals surface area contributed by atoms with Crippen molar-refractivity contribution < 1.29 is 14.3 Å². The zero-order chi connectivity index (χ0) is 19.9. The van der Waals surface area contributed by atoms with Gasteiger partial charge in [-0.25, -0.2) is 0 Å². The van der Waals surface area contributed by atoms with Crippen LogP contribution < -0.4 is 10.5 Å². The van der Waals surface area contributed by atoms with Crippen LogP contribution in [0.25, 0.3) is 0 Å². The third-order valence-corrected chi connectivity index (χ3v) is 4.66. The summed E-state index contributed by atoms with van der Waals surface area (Å²) >= 11 is 0. The number of ether oxygens (including phenoxy) is 2. The highest BCUT2D eigenvalue weighted by Crippen LogP contribution is 2.26. The molecular weight excluding hydrogens is 354 g/mol. The number of nitrogen functional groups attached to an aromatic ring is 1. The first-order chi connectivity index (χ1) is 13.6. The first-order valence-electron chi connectivity index (χ1n) is 9.23. The van der Waals surface area contributed by atoms with Crippen LogP contribution in [-0.2, 0) is 16.1 Å². The number of hydrogen-bond donors (Lipinski definition) is 2. The monoisotopic (exact) mass is 379 g/mol. The van der Waals surface area contributed by atoms with Crippen molar-refractivity contribution in [3.8, 4) is 5.75 Å². The second-order valence-electron chi connectivity index (χ2n) is 6.77. The lowest BCUT2D eigenvalue weighted by Crippen LogP contribution is -2.36. The number of benzene rings is 2. The zero-order valence-corrected chi connectivity index (χ0v) is 15.7. The summed E-state index contributed by atoms with van der Waals surface area (Å²) in [5, 5.41) is 7.57. The van der Waals surface area contributed by atoms with Gasteiger partial charge in [0.15, 0.2) is 0 Å². The molecule has 3 rings (SSSR count). The average Bonchev–Trinajstić information content (AvgIpc) is 3.09. The first-order valence-corrected chi connectivity index (χ1v) is 9.23. The molecule has 3 N–H and O–H groups in total. The molecule has 2 aromatic carbocycles. The molecule has 2 aromatic rings. The quantitative estimate of drug-likeness (QED) is 0.319. The molecule has 146 valence electrons. The van der Waals surface area contributed by atoms with E-state index in [1.807, 2.05) is 36.4 Å². The topological polar surface area (TPSA) is 88.6 Å². The number of carbonyl (C=O) groups is 1. The summed E-state index contributed by atoms with van der Waals surface area (Å²) in [4.78, 5) is 14.6. The summed E-state index contributed by atoms with van der Waals surface area (Å²) in [5.41, 5.74) is 7.30. The molecule has 1 fully saturated rings. The number of likely N-dealkylation sites (tertiary alicyclic amines) is 1. The molecule has 0 radical (unpaired) electrons. The number of nitrogens with two attached hydrogens (primary N) is 1. The van der Waals surface area contributed by atoms with Gasteiger partial charge in [-0.05, 0) is 17.7 Å². The van der Waals surface area contributed by atoms with Crippen molar-refractivity contribution in [2.24, 2.45) is 5.73 Å². The molecule has 1 aliphatic heterocycles. The van der Waals surface area contributed by atoms with Crippen LogP contribution in [0.1, 0.15) is 17.5 Å². The number of nitrogens with zero attached hydrogens (tertiary/aromatic N) is 1. The van der Waals surface area contributed by atoms with Crippen LogP contribution in [-0.4, -0.2) is 42.0 Å². The van der Waals surface area contributed by atoms with Crippen molar-refractivity contribution in [1.82, 2.24) is 4.90 Å². The lowest BCUT2D eigenvalue weighted by atomic mass is 10.1. The molecule has 0 amide bonds. The summed E-state index contributed by atoms with van der Waals surface area (Å²) in [6.07, 6.45) is 1.94. The Labute approximate surface area is 165 Å². The Balaban J connectivity index is 1.73. The van der Waals surface area contributed by atoms with Crippen LogP contribution in [0.15, 0.2) is 67.3 Å². The maximum Gasteiger partial charge on any atom is 0.323 e. The number of nitrogens with one attached hydrogen (secondary N) is 1. The lowest BCUT2D eigenvalue weighted by Gasteiger charge is -2.22. The maximum atomic E-state index is 12.5. The first kappa shape index (κ1) is 19.6. The van der Waals surface area contributed by atoms with Crippen molar-refractivity contribution in [2.75, 3.05) is 13.2 Å². The molecule has 1 aliphatic rings. The Bertz CT molecular complexity index is 838. The summed E-state index contributed by atoms with van der Waals surface area (Å²) in [7, 11) is 0. The van der Waals surface area contributed by atoms with Crippen molar-refractivity contribution in [2.45, 2.75) is 25.1 Å². The Morgan fingerprint density at radius 3 is 2.75 bits per heavy atom. The van der Waals surface area contributed by atoms with Gasteiger partial charge in [0, 0.05) is 25.1 Å². The highest BCUT2D eigenvalue weighted by molar-refractivity contribution is 5.95. The summed E-state index contributed by atoms with van der Waals surface area (Å²) in [6, 6.07) is 16.8. The van der Waals surface area contributed by atoms with Crippen LogP contribution >= 0.6 is 0 Å². The predicted molar refractivity (Wildman–Crippen MR) is 108 cm³/mol. The lowest BCUT2D eigenvalue weighted by molar-refractivity contribution is -0.147. The largest absolute Gasteiger partial charge is 0.489 e. The fourth-order valence-electron chi connectivity index (χ4n) is 3.35. The third-order valence-electron chi connectivity index (χ3n) is 4.66. The number of rotatable bonds is 8. The van der Waals surface area contributed by atoms with Crippen LogP contribution in [0.2, 0.25) is 0 Å². The van der Waals surface area contributed by atoms with Gasteiger partial charge in [-0.2, -0.15) is 0 Å². The second kappa shape index (κ2) is 9.19. The maximum absolute atomic E-state index is 12.5. The molecule has 0 spiro atoms. The van der Waals surface area contributed by atoms with Gasteiger partial charge >= 0.3 is 5.97 Å². The van der Waals surface area contributed by atoms with Gasteiger partial charge in [-0.1, -0.05) is 55.1 Å². The number of carbonyl (C=O) groups excluding carboxylic acids is 1. The molecule has 0 unspecified atom stereocenters. The van der Waals surface area contributed by atoms with Gasteiger partial charge in [-0.15, -0.1) is 0 Å². The normalized spacial score (nSPS) is 19.1. The Kier molecular flexibility index (Phi) is 6.45. The van der Waals surface area contributed by atoms with Crippen molar-refractivity contribution in [3.05, 3.63) is 78.4 Å². The predicted octanol–water partition coefficient (Wildman–Crippen LogP) is 2.72. The van der Waals surface area contributed by atoms with E-state index in [-0.39, 0.29) is 30.6 Å². The van der Waals surface area contributed by atoms with Crippen molar-refractivity contribution in [1.29, 1.82) is 5.41 Å². The van der Waals surface area contributed by atoms with E-state index in [1.54, 1.807) is 24.3 Å². The molecule has 6 nitrogen and oxygen atoms in total. The third kappa shape index (κ3) is 4.98. The van der Waals surface area contributed by atoms with Gasteiger partial charge < -0.3 is 15.2 Å². The molecule has 0 aromatic heterocycles. The molecule has 1 heterocycles. The number of esters is 1. The van der Waals surface area contributed by atoms with Gasteiger partial charge in [0.25, 0.3) is 0 Å². The Morgan fingerprint density at radius 1 is 1.25 bits per heavy atom. The standard InChI is InChI=1S/C22H25N3O3/c1-2-11-27-22(26)20-13-19(15-25(20)14-16-7-4-3-5-8-16)28-18-10-6-9-17(12-18)21(23)24/h2-10,12,19-20H,1,11,13-15H2,(H3,23,24)/t19-,20+/m1/s1. The van der Waals surface area contributed by atoms with Crippen molar-refractivity contribution >= 4 is 11.8 Å². The SMILES string of the molecule is C=CCOC(=O)[C@@H]1C[C@@H](Oc2cccc(C(=N)N)c2)CN1Cc1ccccc1. The summed E-state index contributed by atoms with van der Waals surface area (Å²) in [6.45, 7) is 5.04. The van der Waals surface area contributed by atoms with Crippen LogP contribution in [0.5, 0.6) is 5.75 Å². The van der Waals surface area contributed by atoms with Crippen LogP contribution in [0.3, 0.4) is 0 Å². The van der Waals surface area contributed by atoms with Crippen molar-refractivity contribution in [3.63, 3.8) is 0 Å². The molecule has 0 aliphatic carbocycles. The van der Waals surface area contributed by atoms with Crippen LogP contribution in [0.4, 0.5) is 0 Å². The number of amidine groups is 1. The average molecular weight is 379 g/mol. The highest BCUT2D eigenvalue weighted by atomic mass is 16.5. The minimum Gasteiger partial charge on any atom is -0.489 e. The summed E-state index contributed by atoms with van der Waals surface area (Å²) in [5.74, 6) is 0.366. The Morgan fingerprint density at radius 2 is 2.04 bits per heavy atom. The minimum atomic E-state index is -0.374. The second-order valence-corrected chi connectivity index (χ2v) is 6.77. The van der Waals surface area contributed by atoms with Gasteiger partial charge in [0.1, 0.15) is 30.3 Å². The fourth-order valence-corrected chi connectivity index (χ4v) is 3.35. The van der Waals surface area contributed by atoms with Gasteiger partial charge in [0.2, 0.25) is 0 Å². The molecule has 6 heteroatoms. The van der Waals surface area contributed by atoms with E-state index in [2.05, 4.69) is 11.5 Å². The van der Waals surface area contributed by atoms with E-state index in [0.717, 1.165) is 5.56 Å². The van der Waals surface area contributed by atoms with E-state index in [4.69, 9.17) is 20.6 Å². The molecule has 1 saturated heterocycles. The summed E-state index contributed by atoms with van der Waals surface area (Å²) < 4.78 is 11.4. The van der Waals surface area contributed by atoms with E-state index in [0.29, 0.717) is 30.8 Å². The smallest absolute Gasteiger partial charge is 0.323 e. The molecule has 0 saturated carbocycles. The minimum absolute atomic E-state index is 0.00606. The van der Waals surface area contributed by atoms with Gasteiger partial charge in [0.05, 0.1) is 0 Å². The van der Waals surface area contributed by atoms with E-state index >= 15 is 0 Å². The molecule has 0 bridgehead atoms. The van der Waals surface area contributed by atoms with E-state index in [1.165, 1.54) is 0 Å². The molecular formula is C22H25N3O3. The van der Waals surface area contributed by atoms with Gasteiger partial charge in [-0.3, -0.25) is 15.1 Å². The fraction of sp³-hybridized carbons (Fsp3) is 0.273. The van der Waals surface area contributed by atoms with E-state index in [9.17, 15) is 4.79 Å².